The van der Waals surface area contributed by atoms with Gasteiger partial charge >= 0.3 is 5.97 Å². The van der Waals surface area contributed by atoms with Crippen LogP contribution in [0.1, 0.15) is 31.4 Å². The van der Waals surface area contributed by atoms with Crippen molar-refractivity contribution in [1.82, 2.24) is 9.88 Å². The van der Waals surface area contributed by atoms with E-state index in [1.54, 1.807) is 11.3 Å². The molecule has 3 aromatic rings. The second kappa shape index (κ2) is 11.2. The number of carboxylic acids is 1. The molecule has 4 rings (SSSR count). The Morgan fingerprint density at radius 1 is 1.14 bits per heavy atom. The fourth-order valence-corrected chi connectivity index (χ4v) is 5.81. The lowest BCUT2D eigenvalue weighted by Gasteiger charge is -2.42. The third-order valence-electron chi connectivity index (χ3n) is 6.45. The van der Waals surface area contributed by atoms with E-state index in [9.17, 15) is 4.79 Å². The van der Waals surface area contributed by atoms with Crippen molar-refractivity contribution in [2.24, 2.45) is 5.92 Å². The van der Waals surface area contributed by atoms with Crippen LogP contribution in [0.4, 0.5) is 10.8 Å². The highest BCUT2D eigenvalue weighted by atomic mass is 32.1. The largest absolute Gasteiger partial charge is 0.481 e. The summed E-state index contributed by atoms with van der Waals surface area (Å²) in [4.78, 5) is 24.3. The number of hydrogen-bond acceptors (Lipinski definition) is 6. The molecule has 0 saturated carbocycles. The van der Waals surface area contributed by atoms with E-state index in [2.05, 4.69) is 73.0 Å². The first-order chi connectivity index (χ1) is 16.8. The number of hydrogen-bond donors (Lipinski definition) is 1. The topological polar surface area (TPSA) is 59.9 Å². The molecule has 186 valence electrons. The Morgan fingerprint density at radius 3 is 2.66 bits per heavy atom. The number of thiazole rings is 1. The highest BCUT2D eigenvalue weighted by Gasteiger charge is 2.29. The van der Waals surface area contributed by atoms with Crippen molar-refractivity contribution >= 4 is 28.1 Å². The number of aliphatic carboxylic acids is 1. The molecule has 0 unspecified atom stereocenters. The summed E-state index contributed by atoms with van der Waals surface area (Å²) in [5.41, 5.74) is 4.44. The number of carbonyl (C=O) groups is 1. The van der Waals surface area contributed by atoms with Crippen molar-refractivity contribution in [3.63, 3.8) is 0 Å². The molecular weight excluding hydrogens is 456 g/mol. The van der Waals surface area contributed by atoms with Crippen molar-refractivity contribution < 1.29 is 9.90 Å². The molecule has 1 aliphatic rings. The molecule has 1 atom stereocenters. The van der Waals surface area contributed by atoms with Gasteiger partial charge < -0.3 is 14.9 Å². The van der Waals surface area contributed by atoms with Crippen LogP contribution in [0, 0.1) is 5.92 Å². The highest BCUT2D eigenvalue weighted by molar-refractivity contribution is 7.18. The lowest BCUT2D eigenvalue weighted by atomic mass is 10.00. The Hall–Kier alpha value is -2.90. The summed E-state index contributed by atoms with van der Waals surface area (Å²) in [7, 11) is 4.13. The minimum absolute atomic E-state index is 0.0709. The molecule has 2 heterocycles. The molecule has 7 heteroatoms. The summed E-state index contributed by atoms with van der Waals surface area (Å²) in [5.74, 6) is -0.193. The Kier molecular flexibility index (Phi) is 8.08. The summed E-state index contributed by atoms with van der Waals surface area (Å²) in [6.45, 7) is 8.29. The Bertz CT molecular complexity index is 1140. The minimum Gasteiger partial charge on any atom is -0.481 e. The number of carboxylic acid groups (broad SMARTS) is 1. The van der Waals surface area contributed by atoms with Gasteiger partial charge in [-0.2, -0.15) is 0 Å². The summed E-state index contributed by atoms with van der Waals surface area (Å²) in [6, 6.07) is 17.0. The van der Waals surface area contributed by atoms with E-state index in [0.717, 1.165) is 43.3 Å². The standard InChI is InChI=1S/C28H36N4O2S/c1-20(2)13-25-19-31(18-22-8-5-7-21(14-22)15-27(33)34)11-12-32(25)28-29-17-26(35-28)23-9-6-10-24(16-23)30(3)4/h5-10,14,16-17,20,25H,11-13,15,18-19H2,1-4H3,(H,33,34)/t25-/m1/s1. The van der Waals surface area contributed by atoms with Gasteiger partial charge in [0.1, 0.15) is 0 Å². The van der Waals surface area contributed by atoms with Gasteiger partial charge in [0, 0.05) is 58.2 Å². The molecule has 0 radical (unpaired) electrons. The van der Waals surface area contributed by atoms with Crippen molar-refractivity contribution in [1.29, 1.82) is 0 Å². The molecular formula is C28H36N4O2S. The molecule has 0 aliphatic carbocycles. The van der Waals surface area contributed by atoms with E-state index in [1.165, 1.54) is 21.7 Å². The zero-order chi connectivity index (χ0) is 24.9. The van der Waals surface area contributed by atoms with Crippen molar-refractivity contribution in [2.45, 2.75) is 39.3 Å². The zero-order valence-corrected chi connectivity index (χ0v) is 22.0. The SMILES string of the molecule is CC(C)C[C@@H]1CN(Cc2cccc(CC(=O)O)c2)CCN1c1ncc(-c2cccc(N(C)C)c2)s1. The number of aromatic nitrogens is 1. The molecule has 0 bridgehead atoms. The third-order valence-corrected chi connectivity index (χ3v) is 7.53. The molecule has 1 N–H and O–H groups in total. The van der Waals surface area contributed by atoms with Crippen LogP contribution in [-0.2, 0) is 17.8 Å². The predicted octanol–water partition coefficient (Wildman–Crippen LogP) is 5.24. The third kappa shape index (κ3) is 6.61. The maximum atomic E-state index is 11.1. The fraction of sp³-hybridized carbons (Fsp3) is 0.429. The van der Waals surface area contributed by atoms with E-state index >= 15 is 0 Å². The lowest BCUT2D eigenvalue weighted by Crippen LogP contribution is -2.53. The van der Waals surface area contributed by atoms with Crippen LogP contribution in [0.15, 0.2) is 54.7 Å². The van der Waals surface area contributed by atoms with Crippen molar-refractivity contribution in [3.05, 3.63) is 65.9 Å². The molecule has 1 aromatic heterocycles. The van der Waals surface area contributed by atoms with Crippen LogP contribution < -0.4 is 9.80 Å². The first kappa shape index (κ1) is 25.2. The summed E-state index contributed by atoms with van der Waals surface area (Å²) >= 11 is 1.78. The minimum atomic E-state index is -0.788. The first-order valence-corrected chi connectivity index (χ1v) is 13.1. The van der Waals surface area contributed by atoms with E-state index in [-0.39, 0.29) is 6.42 Å². The molecule has 6 nitrogen and oxygen atoms in total. The number of benzene rings is 2. The summed E-state index contributed by atoms with van der Waals surface area (Å²) < 4.78 is 0. The van der Waals surface area contributed by atoms with Crippen molar-refractivity contribution in [3.8, 4) is 10.4 Å². The lowest BCUT2D eigenvalue weighted by molar-refractivity contribution is -0.136. The van der Waals surface area contributed by atoms with E-state index in [1.807, 2.05) is 24.4 Å². The van der Waals surface area contributed by atoms with E-state index < -0.39 is 5.97 Å². The van der Waals surface area contributed by atoms with Crippen LogP contribution in [-0.4, -0.2) is 60.7 Å². The number of rotatable bonds is 9. The maximum Gasteiger partial charge on any atom is 0.307 e. The van der Waals surface area contributed by atoms with Gasteiger partial charge in [0.05, 0.1) is 11.3 Å². The smallest absolute Gasteiger partial charge is 0.307 e. The van der Waals surface area contributed by atoms with Crippen LogP contribution >= 0.6 is 11.3 Å². The Labute approximate surface area is 212 Å². The first-order valence-electron chi connectivity index (χ1n) is 12.3. The quantitative estimate of drug-likeness (QED) is 0.441. The predicted molar refractivity (Wildman–Crippen MR) is 146 cm³/mol. The average molecular weight is 493 g/mol. The normalized spacial score (nSPS) is 16.6. The molecule has 0 amide bonds. The molecule has 1 saturated heterocycles. The van der Waals surface area contributed by atoms with Crippen LogP contribution in [0.25, 0.3) is 10.4 Å². The Morgan fingerprint density at radius 2 is 1.91 bits per heavy atom. The van der Waals surface area contributed by atoms with E-state index in [4.69, 9.17) is 10.1 Å². The summed E-state index contributed by atoms with van der Waals surface area (Å²) in [5, 5.41) is 10.2. The molecule has 1 aliphatic heterocycles. The van der Waals surface area contributed by atoms with Gasteiger partial charge in [-0.3, -0.25) is 9.69 Å². The van der Waals surface area contributed by atoms with Gasteiger partial charge in [-0.05, 0) is 41.2 Å². The number of anilines is 2. The van der Waals surface area contributed by atoms with E-state index in [0.29, 0.717) is 12.0 Å². The average Bonchev–Trinajstić information content (AvgIpc) is 3.29. The monoisotopic (exact) mass is 492 g/mol. The molecule has 2 aromatic carbocycles. The summed E-state index contributed by atoms with van der Waals surface area (Å²) in [6.07, 6.45) is 3.20. The van der Waals surface area contributed by atoms with Gasteiger partial charge in [-0.15, -0.1) is 0 Å². The van der Waals surface area contributed by atoms with Gasteiger partial charge in [0.15, 0.2) is 5.13 Å². The van der Waals surface area contributed by atoms with Gasteiger partial charge in [-0.25, -0.2) is 4.98 Å². The molecule has 1 fully saturated rings. The fourth-order valence-electron chi connectivity index (χ4n) is 4.80. The maximum absolute atomic E-state index is 11.1. The second-order valence-corrected chi connectivity index (χ2v) is 11.1. The second-order valence-electron chi connectivity index (χ2n) is 10.1. The van der Waals surface area contributed by atoms with Gasteiger partial charge in [0.25, 0.3) is 0 Å². The number of piperazine rings is 1. The van der Waals surface area contributed by atoms with Crippen LogP contribution in [0.2, 0.25) is 0 Å². The zero-order valence-electron chi connectivity index (χ0n) is 21.1. The molecule has 35 heavy (non-hydrogen) atoms. The molecule has 0 spiro atoms. The highest BCUT2D eigenvalue weighted by Crippen LogP contribution is 2.35. The van der Waals surface area contributed by atoms with Gasteiger partial charge in [-0.1, -0.05) is 61.6 Å². The van der Waals surface area contributed by atoms with Crippen LogP contribution in [0.5, 0.6) is 0 Å². The van der Waals surface area contributed by atoms with Crippen molar-refractivity contribution in [2.75, 3.05) is 43.5 Å². The number of nitrogens with zero attached hydrogens (tertiary/aromatic N) is 4. The van der Waals surface area contributed by atoms with Gasteiger partial charge in [0.2, 0.25) is 0 Å². The Balaban J connectivity index is 1.48. The van der Waals surface area contributed by atoms with Crippen LogP contribution in [0.3, 0.4) is 0 Å².